The fraction of sp³-hybridized carbons (Fsp3) is 0.533. The van der Waals surface area contributed by atoms with E-state index in [4.69, 9.17) is 23.2 Å². The number of amides is 1. The van der Waals surface area contributed by atoms with Gasteiger partial charge in [-0.1, -0.05) is 36.2 Å². The quantitative estimate of drug-likeness (QED) is 0.879. The Kier molecular flexibility index (Phi) is 7.82. The normalized spacial score (nSPS) is 17.4. The van der Waals surface area contributed by atoms with Crippen LogP contribution >= 0.6 is 35.6 Å². The molecule has 1 saturated heterocycles. The third-order valence-electron chi connectivity index (χ3n) is 3.65. The Bertz CT molecular complexity index is 456. The highest BCUT2D eigenvalue weighted by Crippen LogP contribution is 2.25. The van der Waals surface area contributed by atoms with Gasteiger partial charge in [0.25, 0.3) is 0 Å². The third-order valence-corrected chi connectivity index (χ3v) is 4.36. The largest absolute Gasteiger partial charge is 0.338 e. The van der Waals surface area contributed by atoms with Crippen molar-refractivity contribution in [3.8, 4) is 0 Å². The molecular formula is C15H21Cl3N2O. The van der Waals surface area contributed by atoms with Crippen molar-refractivity contribution < 1.29 is 4.79 Å². The van der Waals surface area contributed by atoms with Crippen molar-refractivity contribution in [2.75, 3.05) is 19.6 Å². The first-order valence-corrected chi connectivity index (χ1v) is 7.82. The zero-order chi connectivity index (χ0) is 14.5. The topological polar surface area (TPSA) is 32.3 Å². The van der Waals surface area contributed by atoms with E-state index in [-0.39, 0.29) is 24.7 Å². The van der Waals surface area contributed by atoms with Gasteiger partial charge in [0.05, 0.1) is 6.42 Å². The summed E-state index contributed by atoms with van der Waals surface area (Å²) in [7, 11) is 0. The van der Waals surface area contributed by atoms with Crippen LogP contribution in [0.2, 0.25) is 10.0 Å². The summed E-state index contributed by atoms with van der Waals surface area (Å²) in [6.07, 6.45) is 2.25. The predicted molar refractivity (Wildman–Crippen MR) is 90.7 cm³/mol. The second-order valence-electron chi connectivity index (χ2n) is 5.11. The molecule has 1 unspecified atom stereocenters. The van der Waals surface area contributed by atoms with Crippen molar-refractivity contribution in [2.45, 2.75) is 32.2 Å². The molecule has 1 aromatic carbocycles. The van der Waals surface area contributed by atoms with Gasteiger partial charge >= 0.3 is 0 Å². The molecule has 1 amide bonds. The number of nitrogens with zero attached hydrogens (tertiary/aromatic N) is 1. The Balaban J connectivity index is 0.00000220. The molecule has 1 fully saturated rings. The number of hydrogen-bond donors (Lipinski definition) is 1. The lowest BCUT2D eigenvalue weighted by atomic mass is 10.1. The first-order valence-electron chi connectivity index (χ1n) is 7.06. The summed E-state index contributed by atoms with van der Waals surface area (Å²) in [6, 6.07) is 5.64. The maximum Gasteiger partial charge on any atom is 0.227 e. The van der Waals surface area contributed by atoms with Gasteiger partial charge in [0.2, 0.25) is 5.91 Å². The number of rotatable bonds is 5. The Labute approximate surface area is 142 Å². The van der Waals surface area contributed by atoms with E-state index in [1.54, 1.807) is 18.2 Å². The fourth-order valence-electron chi connectivity index (χ4n) is 2.61. The van der Waals surface area contributed by atoms with Crippen LogP contribution in [0.15, 0.2) is 18.2 Å². The molecule has 0 spiro atoms. The van der Waals surface area contributed by atoms with E-state index in [0.29, 0.717) is 16.1 Å². The predicted octanol–water partition coefficient (Wildman–Crippen LogP) is 3.56. The Hall–Kier alpha value is -0.480. The van der Waals surface area contributed by atoms with Gasteiger partial charge in [-0.05, 0) is 37.1 Å². The van der Waals surface area contributed by atoms with E-state index in [9.17, 15) is 4.79 Å². The summed E-state index contributed by atoms with van der Waals surface area (Å²) in [4.78, 5) is 14.5. The van der Waals surface area contributed by atoms with Crippen LogP contribution in [0.25, 0.3) is 0 Å². The van der Waals surface area contributed by atoms with E-state index in [1.807, 2.05) is 4.90 Å². The van der Waals surface area contributed by atoms with Crippen molar-refractivity contribution in [2.24, 2.45) is 0 Å². The Morgan fingerprint density at radius 2 is 2.05 bits per heavy atom. The number of halogens is 3. The molecule has 0 saturated carbocycles. The number of benzene rings is 1. The molecule has 1 heterocycles. The van der Waals surface area contributed by atoms with E-state index in [1.165, 1.54) is 0 Å². The van der Waals surface area contributed by atoms with Crippen LogP contribution in [-0.2, 0) is 11.2 Å². The van der Waals surface area contributed by atoms with Gasteiger partial charge in [-0.2, -0.15) is 0 Å². The first kappa shape index (κ1) is 18.6. The van der Waals surface area contributed by atoms with Crippen molar-refractivity contribution >= 4 is 41.5 Å². The summed E-state index contributed by atoms with van der Waals surface area (Å²) in [5.41, 5.74) is 0.730. The van der Waals surface area contributed by atoms with Crippen molar-refractivity contribution in [1.82, 2.24) is 10.2 Å². The lowest BCUT2D eigenvalue weighted by Crippen LogP contribution is -2.42. The zero-order valence-corrected chi connectivity index (χ0v) is 14.4. The minimum absolute atomic E-state index is 0. The average Bonchev–Trinajstić information content (AvgIpc) is 2.94. The van der Waals surface area contributed by atoms with Crippen LogP contribution in [0.4, 0.5) is 0 Å². The lowest BCUT2D eigenvalue weighted by molar-refractivity contribution is -0.132. The van der Waals surface area contributed by atoms with Crippen LogP contribution in [-0.4, -0.2) is 36.5 Å². The molecule has 0 radical (unpaired) electrons. The number of hydrogen-bond acceptors (Lipinski definition) is 2. The lowest BCUT2D eigenvalue weighted by Gasteiger charge is -2.28. The highest BCUT2D eigenvalue weighted by molar-refractivity contribution is 6.36. The molecule has 1 aliphatic heterocycles. The van der Waals surface area contributed by atoms with Crippen LogP contribution in [0.3, 0.4) is 0 Å². The monoisotopic (exact) mass is 350 g/mol. The molecule has 3 nitrogen and oxygen atoms in total. The molecule has 1 aromatic rings. The van der Waals surface area contributed by atoms with Crippen LogP contribution in [0.1, 0.15) is 25.3 Å². The molecule has 2 rings (SSSR count). The average molecular weight is 352 g/mol. The Morgan fingerprint density at radius 3 is 2.57 bits per heavy atom. The zero-order valence-electron chi connectivity index (χ0n) is 12.1. The highest BCUT2D eigenvalue weighted by Gasteiger charge is 2.26. The molecule has 0 aliphatic carbocycles. The number of carbonyl (C=O) groups is 1. The van der Waals surface area contributed by atoms with Gasteiger partial charge < -0.3 is 10.2 Å². The summed E-state index contributed by atoms with van der Waals surface area (Å²) in [5, 5.41) is 4.43. The minimum atomic E-state index is 0. The Morgan fingerprint density at radius 1 is 1.38 bits per heavy atom. The van der Waals surface area contributed by atoms with Gasteiger partial charge in [-0.15, -0.1) is 12.4 Å². The molecule has 118 valence electrons. The molecule has 1 atom stereocenters. The molecule has 0 aromatic heterocycles. The SMILES string of the molecule is CCCN(C(=O)Cc1c(Cl)cccc1Cl)C1CCNC1.Cl. The summed E-state index contributed by atoms with van der Waals surface area (Å²) in [6.45, 7) is 4.73. The molecule has 1 N–H and O–H groups in total. The van der Waals surface area contributed by atoms with Crippen LogP contribution in [0, 0.1) is 0 Å². The van der Waals surface area contributed by atoms with Gasteiger partial charge in [0.1, 0.15) is 0 Å². The minimum Gasteiger partial charge on any atom is -0.338 e. The molecule has 1 aliphatic rings. The highest BCUT2D eigenvalue weighted by atomic mass is 35.5. The van der Waals surface area contributed by atoms with Gasteiger partial charge in [-0.25, -0.2) is 0 Å². The molecule has 0 bridgehead atoms. The number of carbonyl (C=O) groups excluding carboxylic acids is 1. The van der Waals surface area contributed by atoms with E-state index in [0.717, 1.165) is 38.0 Å². The van der Waals surface area contributed by atoms with Crippen LogP contribution < -0.4 is 5.32 Å². The second-order valence-corrected chi connectivity index (χ2v) is 5.93. The maximum absolute atomic E-state index is 12.6. The standard InChI is InChI=1S/C15H20Cl2N2O.ClH/c1-2-8-19(11-6-7-18-10-11)15(20)9-12-13(16)4-3-5-14(12)17;/h3-5,11,18H,2,6-10H2,1H3;1H. The van der Waals surface area contributed by atoms with E-state index >= 15 is 0 Å². The van der Waals surface area contributed by atoms with Crippen LogP contribution in [0.5, 0.6) is 0 Å². The van der Waals surface area contributed by atoms with Gasteiger partial charge in [0, 0.05) is 29.2 Å². The fourth-order valence-corrected chi connectivity index (χ4v) is 3.14. The van der Waals surface area contributed by atoms with E-state index < -0.39 is 0 Å². The molecule has 21 heavy (non-hydrogen) atoms. The summed E-state index contributed by atoms with van der Waals surface area (Å²) < 4.78 is 0. The van der Waals surface area contributed by atoms with Crippen molar-refractivity contribution in [3.63, 3.8) is 0 Å². The van der Waals surface area contributed by atoms with E-state index in [2.05, 4.69) is 12.2 Å². The van der Waals surface area contributed by atoms with Gasteiger partial charge in [-0.3, -0.25) is 4.79 Å². The second kappa shape index (κ2) is 8.84. The number of nitrogens with one attached hydrogen (secondary N) is 1. The van der Waals surface area contributed by atoms with Crippen molar-refractivity contribution in [1.29, 1.82) is 0 Å². The molecule has 6 heteroatoms. The molecular weight excluding hydrogens is 331 g/mol. The maximum atomic E-state index is 12.6. The summed E-state index contributed by atoms with van der Waals surface area (Å²) in [5.74, 6) is 0.107. The van der Waals surface area contributed by atoms with Crippen molar-refractivity contribution in [3.05, 3.63) is 33.8 Å². The first-order chi connectivity index (χ1) is 9.63. The third kappa shape index (κ3) is 4.75. The summed E-state index contributed by atoms with van der Waals surface area (Å²) >= 11 is 12.3. The van der Waals surface area contributed by atoms with Gasteiger partial charge in [0.15, 0.2) is 0 Å². The smallest absolute Gasteiger partial charge is 0.227 e.